The normalized spacial score (nSPS) is 27.6. The van der Waals surface area contributed by atoms with Gasteiger partial charge in [-0.2, -0.15) is 4.98 Å². The molecular weight excluding hydrogens is 238 g/mol. The molecule has 0 radical (unpaired) electrons. The van der Waals surface area contributed by atoms with E-state index in [1.165, 1.54) is 44.9 Å². The first kappa shape index (κ1) is 13.1. The van der Waals surface area contributed by atoms with Gasteiger partial charge in [-0.1, -0.05) is 24.9 Å². The zero-order chi connectivity index (χ0) is 13.1. The lowest BCUT2D eigenvalue weighted by molar-refractivity contribution is 0.239. The molecular formula is C15H25N3O. The third kappa shape index (κ3) is 3.35. The molecule has 2 unspecified atom stereocenters. The lowest BCUT2D eigenvalue weighted by Gasteiger charge is -2.31. The minimum atomic E-state index is 0.595. The monoisotopic (exact) mass is 263 g/mol. The predicted molar refractivity (Wildman–Crippen MR) is 74.0 cm³/mol. The van der Waals surface area contributed by atoms with Gasteiger partial charge < -0.3 is 9.84 Å². The summed E-state index contributed by atoms with van der Waals surface area (Å²) in [6.07, 6.45) is 9.94. The van der Waals surface area contributed by atoms with Crippen molar-refractivity contribution < 1.29 is 4.52 Å². The second-order valence-corrected chi connectivity index (χ2v) is 6.13. The Morgan fingerprint density at radius 3 is 2.84 bits per heavy atom. The lowest BCUT2D eigenvalue weighted by atomic mass is 9.82. The fourth-order valence-corrected chi connectivity index (χ4v) is 3.13. The summed E-state index contributed by atoms with van der Waals surface area (Å²) >= 11 is 0. The van der Waals surface area contributed by atoms with Gasteiger partial charge in [0.2, 0.25) is 5.89 Å². The van der Waals surface area contributed by atoms with Crippen LogP contribution in [0.3, 0.4) is 0 Å². The molecule has 1 heterocycles. The van der Waals surface area contributed by atoms with Crippen molar-refractivity contribution in [1.29, 1.82) is 0 Å². The number of aromatic nitrogens is 2. The summed E-state index contributed by atoms with van der Waals surface area (Å²) in [5.74, 6) is 3.08. The van der Waals surface area contributed by atoms with Gasteiger partial charge in [0.25, 0.3) is 0 Å². The molecule has 2 fully saturated rings. The molecule has 1 aromatic heterocycles. The Kier molecular flexibility index (Phi) is 4.16. The standard InChI is InChI=1S/C15H25N3O/c1-2-9-16-13-6-4-3-5-12(13)10-14-17-15(18-19-14)11-7-8-11/h11-13,16H,2-10H2,1H3. The van der Waals surface area contributed by atoms with Gasteiger partial charge in [0.05, 0.1) is 0 Å². The Hall–Kier alpha value is -0.900. The maximum atomic E-state index is 5.43. The predicted octanol–water partition coefficient (Wildman–Crippen LogP) is 3.05. The first-order valence-corrected chi connectivity index (χ1v) is 7.92. The summed E-state index contributed by atoms with van der Waals surface area (Å²) in [6, 6.07) is 0.643. The highest BCUT2D eigenvalue weighted by molar-refractivity contribution is 5.04. The van der Waals surface area contributed by atoms with Gasteiger partial charge in [-0.25, -0.2) is 0 Å². The van der Waals surface area contributed by atoms with E-state index in [0.29, 0.717) is 17.9 Å². The molecule has 0 spiro atoms. The fourth-order valence-electron chi connectivity index (χ4n) is 3.13. The zero-order valence-corrected chi connectivity index (χ0v) is 11.9. The lowest BCUT2D eigenvalue weighted by Crippen LogP contribution is -2.39. The first-order valence-electron chi connectivity index (χ1n) is 7.92. The maximum absolute atomic E-state index is 5.43. The van der Waals surface area contributed by atoms with E-state index in [9.17, 15) is 0 Å². The van der Waals surface area contributed by atoms with Crippen LogP contribution in [0.25, 0.3) is 0 Å². The van der Waals surface area contributed by atoms with Crippen LogP contribution in [-0.2, 0) is 6.42 Å². The van der Waals surface area contributed by atoms with Crippen molar-refractivity contribution in [3.63, 3.8) is 0 Å². The van der Waals surface area contributed by atoms with Gasteiger partial charge in [0.1, 0.15) is 0 Å². The van der Waals surface area contributed by atoms with E-state index in [0.717, 1.165) is 24.7 Å². The van der Waals surface area contributed by atoms with E-state index in [4.69, 9.17) is 4.52 Å². The second-order valence-electron chi connectivity index (χ2n) is 6.13. The van der Waals surface area contributed by atoms with Crippen LogP contribution in [0.1, 0.15) is 69.5 Å². The van der Waals surface area contributed by atoms with Gasteiger partial charge in [-0.05, 0) is 44.6 Å². The third-order valence-electron chi connectivity index (χ3n) is 4.43. The van der Waals surface area contributed by atoms with Crippen LogP contribution >= 0.6 is 0 Å². The van der Waals surface area contributed by atoms with Crippen LogP contribution < -0.4 is 5.32 Å². The van der Waals surface area contributed by atoms with Crippen molar-refractivity contribution in [3.8, 4) is 0 Å². The first-order chi connectivity index (χ1) is 9.36. The minimum Gasteiger partial charge on any atom is -0.339 e. The Balaban J connectivity index is 1.58. The molecule has 4 heteroatoms. The summed E-state index contributed by atoms with van der Waals surface area (Å²) in [7, 11) is 0. The van der Waals surface area contributed by atoms with Crippen LogP contribution in [-0.4, -0.2) is 22.7 Å². The molecule has 2 aliphatic rings. The van der Waals surface area contributed by atoms with Gasteiger partial charge in [0.15, 0.2) is 5.82 Å². The van der Waals surface area contributed by atoms with Crippen molar-refractivity contribution in [1.82, 2.24) is 15.5 Å². The van der Waals surface area contributed by atoms with Crippen LogP contribution in [0.4, 0.5) is 0 Å². The number of nitrogens with one attached hydrogen (secondary N) is 1. The molecule has 0 aliphatic heterocycles. The Bertz CT molecular complexity index is 400. The molecule has 19 heavy (non-hydrogen) atoms. The largest absolute Gasteiger partial charge is 0.339 e. The highest BCUT2D eigenvalue weighted by Gasteiger charge is 2.30. The highest BCUT2D eigenvalue weighted by atomic mass is 16.5. The second kappa shape index (κ2) is 6.04. The maximum Gasteiger partial charge on any atom is 0.226 e. The summed E-state index contributed by atoms with van der Waals surface area (Å²) in [4.78, 5) is 4.58. The summed E-state index contributed by atoms with van der Waals surface area (Å²) < 4.78 is 5.43. The van der Waals surface area contributed by atoms with Crippen molar-refractivity contribution in [2.75, 3.05) is 6.54 Å². The van der Waals surface area contributed by atoms with Crippen LogP contribution in [0, 0.1) is 5.92 Å². The third-order valence-corrected chi connectivity index (χ3v) is 4.43. The summed E-state index contributed by atoms with van der Waals surface area (Å²) in [6.45, 7) is 3.35. The zero-order valence-electron chi connectivity index (χ0n) is 11.9. The van der Waals surface area contributed by atoms with Crippen molar-refractivity contribution in [2.45, 2.75) is 70.3 Å². The fraction of sp³-hybridized carbons (Fsp3) is 0.867. The average Bonchev–Trinajstić information content (AvgIpc) is 3.19. The summed E-state index contributed by atoms with van der Waals surface area (Å²) in [5, 5.41) is 7.82. The highest BCUT2D eigenvalue weighted by Crippen LogP contribution is 2.38. The molecule has 0 aromatic carbocycles. The molecule has 2 saturated carbocycles. The van der Waals surface area contributed by atoms with Crippen molar-refractivity contribution in [2.24, 2.45) is 5.92 Å². The Labute approximate surface area is 115 Å². The SMILES string of the molecule is CCCNC1CCCCC1Cc1nc(C2CC2)no1. The van der Waals surface area contributed by atoms with E-state index in [1.807, 2.05) is 0 Å². The molecule has 1 N–H and O–H groups in total. The Morgan fingerprint density at radius 2 is 2.05 bits per heavy atom. The van der Waals surface area contributed by atoms with E-state index in [2.05, 4.69) is 22.4 Å². The van der Waals surface area contributed by atoms with Crippen molar-refractivity contribution in [3.05, 3.63) is 11.7 Å². The average molecular weight is 263 g/mol. The van der Waals surface area contributed by atoms with E-state index < -0.39 is 0 Å². The molecule has 2 aliphatic carbocycles. The van der Waals surface area contributed by atoms with Crippen LogP contribution in [0.15, 0.2) is 4.52 Å². The molecule has 1 aromatic rings. The van der Waals surface area contributed by atoms with Crippen molar-refractivity contribution >= 4 is 0 Å². The molecule has 4 nitrogen and oxygen atoms in total. The van der Waals surface area contributed by atoms with Crippen LogP contribution in [0.2, 0.25) is 0 Å². The smallest absolute Gasteiger partial charge is 0.226 e. The molecule has 2 atom stereocenters. The molecule has 106 valence electrons. The van der Waals surface area contributed by atoms with Gasteiger partial charge in [-0.15, -0.1) is 0 Å². The number of hydrogen-bond acceptors (Lipinski definition) is 4. The molecule has 0 saturated heterocycles. The molecule has 3 rings (SSSR count). The minimum absolute atomic E-state index is 0.595. The van der Waals surface area contributed by atoms with E-state index >= 15 is 0 Å². The topological polar surface area (TPSA) is 51.0 Å². The number of nitrogens with zero attached hydrogens (tertiary/aromatic N) is 2. The van der Waals surface area contributed by atoms with Gasteiger partial charge in [0, 0.05) is 18.4 Å². The quantitative estimate of drug-likeness (QED) is 0.857. The Morgan fingerprint density at radius 1 is 1.21 bits per heavy atom. The van der Waals surface area contributed by atoms with Crippen LogP contribution in [0.5, 0.6) is 0 Å². The van der Waals surface area contributed by atoms with E-state index in [1.54, 1.807) is 0 Å². The van der Waals surface area contributed by atoms with Gasteiger partial charge in [-0.3, -0.25) is 0 Å². The summed E-state index contributed by atoms with van der Waals surface area (Å²) in [5.41, 5.74) is 0. The molecule has 0 bridgehead atoms. The van der Waals surface area contributed by atoms with Gasteiger partial charge >= 0.3 is 0 Å². The number of rotatable bonds is 6. The number of hydrogen-bond donors (Lipinski definition) is 1. The van der Waals surface area contributed by atoms with E-state index in [-0.39, 0.29) is 0 Å². The molecule has 0 amide bonds.